The van der Waals surface area contributed by atoms with Crippen LogP contribution in [-0.2, 0) is 23.7 Å². The summed E-state index contributed by atoms with van der Waals surface area (Å²) in [5, 5.41) is 0. The summed E-state index contributed by atoms with van der Waals surface area (Å²) in [6.45, 7) is 6.87. The minimum absolute atomic E-state index is 0.0516. The van der Waals surface area contributed by atoms with E-state index in [0.717, 1.165) is 11.4 Å². The van der Waals surface area contributed by atoms with Crippen molar-refractivity contribution in [3.63, 3.8) is 0 Å². The summed E-state index contributed by atoms with van der Waals surface area (Å²) < 4.78 is 0. The van der Waals surface area contributed by atoms with E-state index in [4.69, 9.17) is 0 Å². The number of hydrogen-bond acceptors (Lipinski definition) is 1. The zero-order valence-electron chi connectivity index (χ0n) is 33.6. The Kier molecular flexibility index (Phi) is 7.99. The molecule has 11 rings (SSSR count). The highest BCUT2D eigenvalue weighted by Gasteiger charge is 2.52. The van der Waals surface area contributed by atoms with Crippen LogP contribution < -0.4 is 4.90 Å². The van der Waals surface area contributed by atoms with Crippen molar-refractivity contribution in [3.8, 4) is 44.5 Å². The van der Waals surface area contributed by atoms with Crippen LogP contribution in [0.3, 0.4) is 0 Å². The van der Waals surface area contributed by atoms with Gasteiger partial charge in [0.2, 0.25) is 0 Å². The third-order valence-corrected chi connectivity index (χ3v) is 13.2. The maximum Gasteiger partial charge on any atom is 0.0726 e. The third kappa shape index (κ3) is 5.30. The lowest BCUT2D eigenvalue weighted by Crippen LogP contribution is -2.26. The van der Waals surface area contributed by atoms with Gasteiger partial charge in [-0.05, 0) is 145 Å². The van der Waals surface area contributed by atoms with Gasteiger partial charge < -0.3 is 4.90 Å². The molecular weight excluding hydrogens is 699 g/mol. The van der Waals surface area contributed by atoms with E-state index in [1.807, 2.05) is 0 Å². The van der Waals surface area contributed by atoms with Crippen LogP contribution in [0.2, 0.25) is 0 Å². The van der Waals surface area contributed by atoms with Gasteiger partial charge in [0.1, 0.15) is 0 Å². The molecule has 0 N–H and O–H groups in total. The van der Waals surface area contributed by atoms with Crippen LogP contribution in [0.1, 0.15) is 72.6 Å². The first-order chi connectivity index (χ1) is 28.4. The molecule has 0 aromatic heterocycles. The lowest BCUT2D eigenvalue weighted by atomic mass is 9.70. The van der Waals surface area contributed by atoms with E-state index >= 15 is 0 Å². The summed E-state index contributed by atoms with van der Waals surface area (Å²) in [6.07, 6.45) is 4.97. The first kappa shape index (κ1) is 34.8. The molecule has 1 spiro atoms. The van der Waals surface area contributed by atoms with Crippen molar-refractivity contribution in [2.75, 3.05) is 4.90 Å². The normalized spacial score (nSPS) is 14.3. The van der Waals surface area contributed by atoms with Crippen molar-refractivity contribution in [1.29, 1.82) is 0 Å². The topological polar surface area (TPSA) is 3.24 Å². The summed E-state index contributed by atoms with van der Waals surface area (Å²) in [6, 6.07) is 69.1. The molecule has 0 radical (unpaired) electrons. The summed E-state index contributed by atoms with van der Waals surface area (Å²) in [7, 11) is 0. The van der Waals surface area contributed by atoms with Gasteiger partial charge in [0, 0.05) is 16.9 Å². The smallest absolute Gasteiger partial charge is 0.0726 e. The molecule has 0 heterocycles. The Morgan fingerprint density at radius 3 is 1.53 bits per heavy atom. The molecule has 58 heavy (non-hydrogen) atoms. The second kappa shape index (κ2) is 13.3. The van der Waals surface area contributed by atoms with Crippen LogP contribution in [-0.4, -0.2) is 0 Å². The molecule has 0 aliphatic heterocycles. The van der Waals surface area contributed by atoms with Crippen LogP contribution in [0.25, 0.3) is 44.5 Å². The molecule has 280 valence electrons. The molecule has 0 atom stereocenters. The molecule has 0 fully saturated rings. The number of rotatable bonds is 5. The molecular formula is C57H47N. The lowest BCUT2D eigenvalue weighted by Gasteiger charge is -2.33. The molecule has 0 amide bonds. The Bertz CT molecular complexity index is 2810. The molecule has 8 aromatic rings. The predicted molar refractivity (Wildman–Crippen MR) is 244 cm³/mol. The van der Waals surface area contributed by atoms with Crippen LogP contribution in [0.5, 0.6) is 0 Å². The van der Waals surface area contributed by atoms with Gasteiger partial charge in [-0.15, -0.1) is 0 Å². The summed E-state index contributed by atoms with van der Waals surface area (Å²) in [5.74, 6) is 0. The van der Waals surface area contributed by atoms with Gasteiger partial charge in [0.15, 0.2) is 0 Å². The van der Waals surface area contributed by atoms with Gasteiger partial charge in [-0.25, -0.2) is 0 Å². The number of anilines is 3. The van der Waals surface area contributed by atoms with E-state index in [-0.39, 0.29) is 5.41 Å². The number of para-hydroxylation sites is 1. The number of aryl methyl sites for hydroxylation is 2. The number of nitrogens with zero attached hydrogens (tertiary/aromatic N) is 1. The minimum atomic E-state index is -0.443. The Morgan fingerprint density at radius 1 is 0.397 bits per heavy atom. The fraction of sp³-hybridized carbons (Fsp3) is 0.158. The average molecular weight is 746 g/mol. The van der Waals surface area contributed by atoms with E-state index in [1.54, 1.807) is 0 Å². The molecule has 1 nitrogen and oxygen atoms in total. The highest BCUT2D eigenvalue weighted by Crippen LogP contribution is 2.64. The van der Waals surface area contributed by atoms with Crippen molar-refractivity contribution in [2.24, 2.45) is 0 Å². The van der Waals surface area contributed by atoms with Crippen molar-refractivity contribution in [3.05, 3.63) is 221 Å². The van der Waals surface area contributed by atoms with Crippen LogP contribution in [0.4, 0.5) is 17.1 Å². The molecule has 3 aliphatic carbocycles. The second-order valence-electron chi connectivity index (χ2n) is 17.5. The first-order valence-corrected chi connectivity index (χ1v) is 21.1. The summed E-state index contributed by atoms with van der Waals surface area (Å²) >= 11 is 0. The fourth-order valence-corrected chi connectivity index (χ4v) is 10.4. The zero-order valence-corrected chi connectivity index (χ0v) is 33.6. The average Bonchev–Trinajstić information content (AvgIpc) is 3.73. The van der Waals surface area contributed by atoms with Crippen LogP contribution in [0, 0.1) is 0 Å². The highest BCUT2D eigenvalue weighted by atomic mass is 15.1. The van der Waals surface area contributed by atoms with Gasteiger partial charge in [-0.1, -0.05) is 166 Å². The Balaban J connectivity index is 1.18. The van der Waals surface area contributed by atoms with Gasteiger partial charge in [-0.3, -0.25) is 0 Å². The maximum atomic E-state index is 2.55. The van der Waals surface area contributed by atoms with Crippen molar-refractivity contribution >= 4 is 17.1 Å². The van der Waals surface area contributed by atoms with Crippen molar-refractivity contribution in [1.82, 2.24) is 0 Å². The van der Waals surface area contributed by atoms with Gasteiger partial charge >= 0.3 is 0 Å². The highest BCUT2D eigenvalue weighted by molar-refractivity contribution is 6.00. The van der Waals surface area contributed by atoms with E-state index in [2.05, 4.69) is 208 Å². The molecule has 0 saturated heterocycles. The Hall–Kier alpha value is -6.44. The standard InChI is InChI=1S/C57H47N/c1-56(2,3)43-31-33-45(34-32-43)58(44-17-5-4-6-18-44)55-37-54-50(36-49(55)40-28-25-39(26-29-40)42-30-27-38-15-7-8-16-41(38)35-42)48-21-11-14-24-53(48)57(54)51-22-12-9-19-46(51)47-20-10-13-23-52(47)57/h4-6,9-14,17-37H,7-8,15-16H2,1-3H3. The van der Waals surface area contributed by atoms with E-state index in [0.29, 0.717) is 0 Å². The summed E-state index contributed by atoms with van der Waals surface area (Å²) in [5.41, 5.74) is 23.1. The number of hydrogen-bond donors (Lipinski definition) is 0. The lowest BCUT2D eigenvalue weighted by molar-refractivity contribution is 0.590. The quantitative estimate of drug-likeness (QED) is 0.170. The minimum Gasteiger partial charge on any atom is -0.310 e. The van der Waals surface area contributed by atoms with Crippen molar-refractivity contribution in [2.45, 2.75) is 57.3 Å². The van der Waals surface area contributed by atoms with E-state index < -0.39 is 5.41 Å². The monoisotopic (exact) mass is 745 g/mol. The van der Waals surface area contributed by atoms with Crippen LogP contribution >= 0.6 is 0 Å². The molecule has 1 heteroatoms. The first-order valence-electron chi connectivity index (χ1n) is 21.1. The Morgan fingerprint density at radius 2 is 0.914 bits per heavy atom. The van der Waals surface area contributed by atoms with Crippen LogP contribution in [0.15, 0.2) is 182 Å². The van der Waals surface area contributed by atoms with E-state index in [9.17, 15) is 0 Å². The largest absolute Gasteiger partial charge is 0.310 e. The van der Waals surface area contributed by atoms with Crippen molar-refractivity contribution < 1.29 is 0 Å². The maximum absolute atomic E-state index is 2.55. The molecule has 3 aliphatic rings. The molecule has 0 bridgehead atoms. The molecule has 0 unspecified atom stereocenters. The zero-order chi connectivity index (χ0) is 39.0. The fourth-order valence-electron chi connectivity index (χ4n) is 10.4. The van der Waals surface area contributed by atoms with Gasteiger partial charge in [-0.2, -0.15) is 0 Å². The molecule has 0 saturated carbocycles. The summed E-state index contributed by atoms with van der Waals surface area (Å²) in [4.78, 5) is 2.49. The third-order valence-electron chi connectivity index (χ3n) is 13.2. The number of fused-ring (bicyclic) bond motifs is 11. The van der Waals surface area contributed by atoms with Gasteiger partial charge in [0.25, 0.3) is 0 Å². The predicted octanol–water partition coefficient (Wildman–Crippen LogP) is 15.0. The number of benzene rings is 8. The second-order valence-corrected chi connectivity index (χ2v) is 17.5. The Labute approximate surface area is 343 Å². The molecule has 8 aromatic carbocycles. The van der Waals surface area contributed by atoms with Gasteiger partial charge in [0.05, 0.1) is 11.1 Å². The SMILES string of the molecule is CC(C)(C)c1ccc(N(c2ccccc2)c2cc3c(cc2-c2ccc(-c4ccc5c(c4)CCCC5)cc2)-c2ccccc2C32c3ccccc3-c3ccccc32)cc1. The van der Waals surface area contributed by atoms with E-state index in [1.165, 1.54) is 115 Å².